The van der Waals surface area contributed by atoms with Crippen LogP contribution in [-0.4, -0.2) is 38.9 Å². The fourth-order valence-corrected chi connectivity index (χ4v) is 3.66. The fourth-order valence-electron chi connectivity index (χ4n) is 3.66. The second-order valence-corrected chi connectivity index (χ2v) is 6.63. The topological polar surface area (TPSA) is 92.5 Å². The number of H-pyrrole nitrogens is 1. The second-order valence-electron chi connectivity index (χ2n) is 6.63. The lowest BCUT2D eigenvalue weighted by molar-refractivity contribution is 0.440. The molecule has 26 heavy (non-hydrogen) atoms. The van der Waals surface area contributed by atoms with E-state index in [1.54, 1.807) is 0 Å². The summed E-state index contributed by atoms with van der Waals surface area (Å²) in [5.74, 6) is 1.93. The van der Waals surface area contributed by atoms with Gasteiger partial charge in [0.2, 0.25) is 5.82 Å². The maximum absolute atomic E-state index is 5.69. The van der Waals surface area contributed by atoms with E-state index in [0.717, 1.165) is 40.9 Å². The van der Waals surface area contributed by atoms with Crippen molar-refractivity contribution < 1.29 is 4.52 Å². The molecule has 0 bridgehead atoms. The molecule has 5 rings (SSSR count). The Kier molecular flexibility index (Phi) is 3.71. The summed E-state index contributed by atoms with van der Waals surface area (Å²) in [5.41, 5.74) is 4.11. The summed E-state index contributed by atoms with van der Waals surface area (Å²) in [7, 11) is 0. The first-order chi connectivity index (χ1) is 12.9. The Morgan fingerprint density at radius 2 is 1.92 bits per heavy atom. The van der Waals surface area contributed by atoms with Crippen molar-refractivity contribution in [3.63, 3.8) is 0 Å². The van der Waals surface area contributed by atoms with E-state index in [2.05, 4.69) is 55.4 Å². The van der Waals surface area contributed by atoms with Crippen LogP contribution in [0.1, 0.15) is 24.3 Å². The van der Waals surface area contributed by atoms with E-state index >= 15 is 0 Å². The maximum atomic E-state index is 5.69. The zero-order valence-corrected chi connectivity index (χ0v) is 14.1. The molecule has 7 heteroatoms. The second kappa shape index (κ2) is 6.34. The molecule has 0 aliphatic carbocycles. The van der Waals surface area contributed by atoms with Gasteiger partial charge >= 0.3 is 0 Å². The molecule has 0 radical (unpaired) electrons. The van der Waals surface area contributed by atoms with Gasteiger partial charge in [0.15, 0.2) is 5.76 Å². The summed E-state index contributed by atoms with van der Waals surface area (Å²) >= 11 is 0. The Balaban J connectivity index is 1.57. The molecule has 2 N–H and O–H groups in total. The number of aromatic amines is 1. The molecule has 7 nitrogen and oxygen atoms in total. The number of rotatable bonds is 3. The van der Waals surface area contributed by atoms with Crippen LogP contribution in [0.15, 0.2) is 47.0 Å². The fraction of sp³-hybridized carbons (Fsp3) is 0.263. The van der Waals surface area contributed by atoms with Gasteiger partial charge < -0.3 is 9.84 Å². The van der Waals surface area contributed by atoms with E-state index in [1.807, 2.05) is 18.2 Å². The largest absolute Gasteiger partial charge is 0.355 e. The van der Waals surface area contributed by atoms with Gasteiger partial charge in [0.25, 0.3) is 0 Å². The highest BCUT2D eigenvalue weighted by atomic mass is 16.5. The number of hydrogen-bond donors (Lipinski definition) is 2. The number of nitrogens with one attached hydrogen (secondary N) is 2. The molecule has 1 saturated heterocycles. The highest BCUT2D eigenvalue weighted by molar-refractivity contribution is 5.94. The van der Waals surface area contributed by atoms with Gasteiger partial charge in [0.1, 0.15) is 5.52 Å². The molecule has 0 saturated carbocycles. The number of aromatic nitrogens is 5. The van der Waals surface area contributed by atoms with Crippen molar-refractivity contribution in [3.05, 3.63) is 48.0 Å². The van der Waals surface area contributed by atoms with Gasteiger partial charge in [0.05, 0.1) is 5.39 Å². The minimum Gasteiger partial charge on any atom is -0.355 e. The normalized spacial score (nSPS) is 15.5. The molecule has 4 aromatic rings. The molecular formula is C19H18N6O. The summed E-state index contributed by atoms with van der Waals surface area (Å²) < 4.78 is 5.69. The van der Waals surface area contributed by atoms with Crippen LogP contribution < -0.4 is 5.32 Å². The summed E-state index contributed by atoms with van der Waals surface area (Å²) in [6, 6.07) is 14.5. The van der Waals surface area contributed by atoms with Crippen LogP contribution in [0.25, 0.3) is 33.6 Å². The maximum Gasteiger partial charge on any atom is 0.204 e. The molecule has 0 unspecified atom stereocenters. The Bertz CT molecular complexity index is 1030. The molecule has 0 atom stereocenters. The van der Waals surface area contributed by atoms with Crippen LogP contribution in [0.5, 0.6) is 0 Å². The Morgan fingerprint density at radius 3 is 2.77 bits per heavy atom. The zero-order chi connectivity index (χ0) is 17.3. The molecule has 0 amide bonds. The summed E-state index contributed by atoms with van der Waals surface area (Å²) in [6.45, 7) is 2.16. The molecule has 2 aromatic carbocycles. The molecule has 1 fully saturated rings. The lowest BCUT2D eigenvalue weighted by atomic mass is 9.89. The number of hydrogen-bond acceptors (Lipinski definition) is 6. The minimum atomic E-state index is 0.558. The van der Waals surface area contributed by atoms with Crippen molar-refractivity contribution >= 4 is 10.9 Å². The van der Waals surface area contributed by atoms with Gasteiger partial charge in [-0.25, -0.2) is 0 Å². The lowest BCUT2D eigenvalue weighted by Gasteiger charge is -2.23. The number of tetrazole rings is 1. The first kappa shape index (κ1) is 15.2. The van der Waals surface area contributed by atoms with Crippen LogP contribution in [0.4, 0.5) is 0 Å². The third-order valence-corrected chi connectivity index (χ3v) is 5.04. The third kappa shape index (κ3) is 2.66. The quantitative estimate of drug-likeness (QED) is 0.592. The molecule has 130 valence electrons. The average Bonchev–Trinajstić information content (AvgIpc) is 3.38. The number of nitrogens with zero attached hydrogens (tertiary/aromatic N) is 4. The van der Waals surface area contributed by atoms with Gasteiger partial charge in [-0.15, -0.1) is 10.2 Å². The SMILES string of the molecule is c1cc(-c2onc3ccc(-c4nn[nH]n4)cc23)cc(C2CCNCC2)c1. The minimum absolute atomic E-state index is 0.558. The number of fused-ring (bicyclic) bond motifs is 1. The van der Waals surface area contributed by atoms with E-state index in [1.165, 1.54) is 18.4 Å². The van der Waals surface area contributed by atoms with Crippen molar-refractivity contribution in [1.82, 2.24) is 31.1 Å². The molecular weight excluding hydrogens is 328 g/mol. The van der Waals surface area contributed by atoms with E-state index in [-0.39, 0.29) is 0 Å². The zero-order valence-electron chi connectivity index (χ0n) is 14.1. The van der Waals surface area contributed by atoms with Gasteiger partial charge in [-0.1, -0.05) is 23.4 Å². The molecule has 0 spiro atoms. The Labute approximate surface area is 149 Å². The van der Waals surface area contributed by atoms with Gasteiger partial charge in [-0.3, -0.25) is 0 Å². The predicted molar refractivity (Wildman–Crippen MR) is 97.5 cm³/mol. The van der Waals surface area contributed by atoms with Crippen LogP contribution >= 0.6 is 0 Å². The van der Waals surface area contributed by atoms with Gasteiger partial charge in [0, 0.05) is 11.1 Å². The Hall–Kier alpha value is -3.06. The van der Waals surface area contributed by atoms with Crippen LogP contribution in [0.3, 0.4) is 0 Å². The van der Waals surface area contributed by atoms with Crippen LogP contribution in [0, 0.1) is 0 Å². The lowest BCUT2D eigenvalue weighted by Crippen LogP contribution is -2.26. The molecule has 2 aromatic heterocycles. The summed E-state index contributed by atoms with van der Waals surface area (Å²) in [6.07, 6.45) is 2.34. The smallest absolute Gasteiger partial charge is 0.204 e. The van der Waals surface area contributed by atoms with Crippen molar-refractivity contribution in [2.75, 3.05) is 13.1 Å². The molecule has 3 heterocycles. The molecule has 1 aliphatic heterocycles. The standard InChI is InChI=1S/C19H18N6O/c1-2-13(12-6-8-20-9-7-12)10-14(3-1)18-16-11-15(19-21-24-25-22-19)4-5-17(16)23-26-18/h1-5,10-12,20H,6-9H2,(H,21,22,24,25). The first-order valence-corrected chi connectivity index (χ1v) is 8.83. The highest BCUT2D eigenvalue weighted by Crippen LogP contribution is 2.34. The van der Waals surface area contributed by atoms with Gasteiger partial charge in [-0.2, -0.15) is 5.21 Å². The van der Waals surface area contributed by atoms with Gasteiger partial charge in [-0.05, 0) is 66.9 Å². The first-order valence-electron chi connectivity index (χ1n) is 8.83. The summed E-state index contributed by atoms with van der Waals surface area (Å²) in [5, 5.41) is 22.8. The Morgan fingerprint density at radius 1 is 1.00 bits per heavy atom. The predicted octanol–water partition coefficient (Wildman–Crippen LogP) is 3.14. The number of piperidine rings is 1. The van der Waals surface area contributed by atoms with E-state index < -0.39 is 0 Å². The van der Waals surface area contributed by atoms with Crippen molar-refractivity contribution in [2.45, 2.75) is 18.8 Å². The number of benzene rings is 2. The van der Waals surface area contributed by atoms with Crippen molar-refractivity contribution in [2.24, 2.45) is 0 Å². The average molecular weight is 346 g/mol. The third-order valence-electron chi connectivity index (χ3n) is 5.04. The van der Waals surface area contributed by atoms with Crippen molar-refractivity contribution in [1.29, 1.82) is 0 Å². The van der Waals surface area contributed by atoms with Crippen molar-refractivity contribution in [3.8, 4) is 22.7 Å². The van der Waals surface area contributed by atoms with E-state index in [0.29, 0.717) is 11.7 Å². The molecule has 1 aliphatic rings. The van der Waals surface area contributed by atoms with E-state index in [4.69, 9.17) is 4.52 Å². The van der Waals surface area contributed by atoms with Crippen LogP contribution in [0.2, 0.25) is 0 Å². The monoisotopic (exact) mass is 346 g/mol. The van der Waals surface area contributed by atoms with Crippen LogP contribution in [-0.2, 0) is 0 Å². The summed E-state index contributed by atoms with van der Waals surface area (Å²) in [4.78, 5) is 0. The highest BCUT2D eigenvalue weighted by Gasteiger charge is 2.18. The van der Waals surface area contributed by atoms with E-state index in [9.17, 15) is 0 Å².